The highest BCUT2D eigenvalue weighted by molar-refractivity contribution is 5.86. The minimum atomic E-state index is -1.27. The Bertz CT molecular complexity index is 652. The second kappa shape index (κ2) is 11.8. The normalized spacial score (nSPS) is 12.3. The molecule has 1 atom stereocenters. The largest absolute Gasteiger partial charge is 0.459 e. The van der Waals surface area contributed by atoms with Gasteiger partial charge in [-0.2, -0.15) is 0 Å². The predicted molar refractivity (Wildman–Crippen MR) is 116 cm³/mol. The molecule has 0 bridgehead atoms. The van der Waals surface area contributed by atoms with Crippen LogP contribution in [-0.4, -0.2) is 44.2 Å². The lowest BCUT2D eigenvalue weighted by Crippen LogP contribution is -2.44. The molecular weight excluding hydrogens is 374 g/mol. The minimum Gasteiger partial charge on any atom is -0.459 e. The van der Waals surface area contributed by atoms with E-state index in [4.69, 9.17) is 9.47 Å². The standard InChI is InChI=1S/C23H31NO3.ClH/c1-5-6-17-26-23(20-13-9-7-10-14-20,21-15-11-8-12-16-21)22(25)27-19(2)18-24(3)4;/h7-16,19H,5-6,17-18H2,1-4H3;1H. The van der Waals surface area contributed by atoms with E-state index in [0.717, 1.165) is 24.0 Å². The highest BCUT2D eigenvalue weighted by Crippen LogP contribution is 2.36. The maximum atomic E-state index is 13.5. The summed E-state index contributed by atoms with van der Waals surface area (Å²) in [6, 6.07) is 19.3. The summed E-state index contributed by atoms with van der Waals surface area (Å²) in [7, 11) is 3.92. The van der Waals surface area contributed by atoms with Gasteiger partial charge in [-0.1, -0.05) is 74.0 Å². The van der Waals surface area contributed by atoms with Crippen molar-refractivity contribution in [1.82, 2.24) is 4.90 Å². The zero-order valence-electron chi connectivity index (χ0n) is 17.3. The molecule has 0 fully saturated rings. The molecule has 0 N–H and O–H groups in total. The van der Waals surface area contributed by atoms with Crippen molar-refractivity contribution in [2.45, 2.75) is 38.4 Å². The molecule has 154 valence electrons. The molecule has 0 spiro atoms. The van der Waals surface area contributed by atoms with Crippen molar-refractivity contribution in [3.8, 4) is 0 Å². The van der Waals surface area contributed by atoms with Gasteiger partial charge in [-0.3, -0.25) is 0 Å². The molecular formula is C23H32ClNO3. The Kier molecular flexibility index (Phi) is 10.2. The Balaban J connectivity index is 0.00000392. The molecule has 1 unspecified atom stereocenters. The fourth-order valence-electron chi connectivity index (χ4n) is 3.16. The second-order valence-corrected chi connectivity index (χ2v) is 7.09. The molecule has 0 aliphatic rings. The Morgan fingerprint density at radius 2 is 1.50 bits per heavy atom. The number of halogens is 1. The number of hydrogen-bond donors (Lipinski definition) is 0. The van der Waals surface area contributed by atoms with Crippen molar-refractivity contribution >= 4 is 18.4 Å². The summed E-state index contributed by atoms with van der Waals surface area (Å²) in [5.41, 5.74) is 0.307. The maximum absolute atomic E-state index is 13.5. The van der Waals surface area contributed by atoms with Crippen LogP contribution in [0.1, 0.15) is 37.8 Å². The molecule has 0 saturated heterocycles. The molecule has 0 saturated carbocycles. The number of benzene rings is 2. The van der Waals surface area contributed by atoms with E-state index in [-0.39, 0.29) is 24.5 Å². The number of carbonyl (C=O) groups is 1. The second-order valence-electron chi connectivity index (χ2n) is 7.09. The van der Waals surface area contributed by atoms with E-state index in [0.29, 0.717) is 13.2 Å². The van der Waals surface area contributed by atoms with E-state index in [1.54, 1.807) is 0 Å². The van der Waals surface area contributed by atoms with Crippen LogP contribution in [-0.2, 0) is 19.9 Å². The quantitative estimate of drug-likeness (QED) is 0.425. The van der Waals surface area contributed by atoms with E-state index in [2.05, 4.69) is 6.92 Å². The summed E-state index contributed by atoms with van der Waals surface area (Å²) in [5.74, 6) is -0.370. The molecule has 0 aromatic heterocycles. The fraction of sp³-hybridized carbons (Fsp3) is 0.435. The van der Waals surface area contributed by atoms with Crippen molar-refractivity contribution in [2.75, 3.05) is 27.2 Å². The van der Waals surface area contributed by atoms with Gasteiger partial charge in [0.25, 0.3) is 0 Å². The van der Waals surface area contributed by atoms with Crippen LogP contribution in [0.2, 0.25) is 0 Å². The number of unbranched alkanes of at least 4 members (excludes halogenated alkanes) is 1. The Morgan fingerprint density at radius 3 is 1.93 bits per heavy atom. The average Bonchev–Trinajstić information content (AvgIpc) is 2.66. The molecule has 0 aliphatic carbocycles. The first-order valence-corrected chi connectivity index (χ1v) is 9.61. The molecule has 2 rings (SSSR count). The van der Waals surface area contributed by atoms with Gasteiger partial charge in [-0.15, -0.1) is 12.4 Å². The summed E-state index contributed by atoms with van der Waals surface area (Å²) in [6.45, 7) is 5.15. The minimum absolute atomic E-state index is 0. The van der Waals surface area contributed by atoms with E-state index >= 15 is 0 Å². The van der Waals surface area contributed by atoms with E-state index in [1.807, 2.05) is 86.6 Å². The van der Waals surface area contributed by atoms with Crippen LogP contribution in [0, 0.1) is 0 Å². The number of hydrogen-bond acceptors (Lipinski definition) is 4. The Morgan fingerprint density at radius 1 is 1.00 bits per heavy atom. The molecule has 2 aromatic rings. The number of rotatable bonds is 10. The number of nitrogens with zero attached hydrogens (tertiary/aromatic N) is 1. The lowest BCUT2D eigenvalue weighted by Gasteiger charge is -2.34. The molecule has 2 aromatic carbocycles. The van der Waals surface area contributed by atoms with Gasteiger partial charge >= 0.3 is 5.97 Å². The molecule has 5 heteroatoms. The third kappa shape index (κ3) is 6.06. The summed E-state index contributed by atoms with van der Waals surface area (Å²) in [4.78, 5) is 15.5. The molecule has 0 amide bonds. The third-order valence-corrected chi connectivity index (χ3v) is 4.40. The highest BCUT2D eigenvalue weighted by Gasteiger charge is 2.45. The average molecular weight is 406 g/mol. The van der Waals surface area contributed by atoms with Crippen molar-refractivity contribution in [3.63, 3.8) is 0 Å². The van der Waals surface area contributed by atoms with Gasteiger partial charge in [0.2, 0.25) is 5.60 Å². The smallest absolute Gasteiger partial charge is 0.348 e. The molecule has 4 nitrogen and oxygen atoms in total. The molecule has 0 radical (unpaired) electrons. The van der Waals surface area contributed by atoms with Gasteiger partial charge in [0.15, 0.2) is 0 Å². The summed E-state index contributed by atoms with van der Waals surface area (Å²) < 4.78 is 12.2. The lowest BCUT2D eigenvalue weighted by molar-refractivity contribution is -0.174. The van der Waals surface area contributed by atoms with Gasteiger partial charge in [0, 0.05) is 13.2 Å². The molecule has 0 aliphatic heterocycles. The zero-order valence-corrected chi connectivity index (χ0v) is 18.1. The molecule has 28 heavy (non-hydrogen) atoms. The van der Waals surface area contributed by atoms with Crippen molar-refractivity contribution in [2.24, 2.45) is 0 Å². The lowest BCUT2D eigenvalue weighted by atomic mass is 9.86. The van der Waals surface area contributed by atoms with Crippen LogP contribution in [0.15, 0.2) is 60.7 Å². The molecule has 0 heterocycles. The van der Waals surface area contributed by atoms with Crippen LogP contribution in [0.4, 0.5) is 0 Å². The van der Waals surface area contributed by atoms with E-state index in [1.165, 1.54) is 0 Å². The van der Waals surface area contributed by atoms with Gasteiger partial charge in [0.05, 0.1) is 0 Å². The van der Waals surface area contributed by atoms with Crippen LogP contribution >= 0.6 is 12.4 Å². The zero-order chi connectivity index (χ0) is 19.7. The van der Waals surface area contributed by atoms with E-state index in [9.17, 15) is 4.79 Å². The fourth-order valence-corrected chi connectivity index (χ4v) is 3.16. The van der Waals surface area contributed by atoms with E-state index < -0.39 is 5.60 Å². The van der Waals surface area contributed by atoms with Crippen LogP contribution in [0.5, 0.6) is 0 Å². The number of carbonyl (C=O) groups excluding carboxylic acids is 1. The Labute approximate surface area is 175 Å². The monoisotopic (exact) mass is 405 g/mol. The third-order valence-electron chi connectivity index (χ3n) is 4.40. The number of esters is 1. The highest BCUT2D eigenvalue weighted by atomic mass is 35.5. The van der Waals surface area contributed by atoms with Crippen LogP contribution < -0.4 is 0 Å². The summed E-state index contributed by atoms with van der Waals surface area (Å²) >= 11 is 0. The maximum Gasteiger partial charge on any atom is 0.348 e. The van der Waals surface area contributed by atoms with Crippen molar-refractivity contribution < 1.29 is 14.3 Å². The number of likely N-dealkylation sites (N-methyl/N-ethyl adjacent to an activating group) is 1. The number of ether oxygens (including phenoxy) is 2. The Hall–Kier alpha value is -1.88. The van der Waals surface area contributed by atoms with Gasteiger partial charge in [-0.25, -0.2) is 4.79 Å². The SMILES string of the molecule is CCCCOC(C(=O)OC(C)CN(C)C)(c1ccccc1)c1ccccc1.Cl. The first-order valence-electron chi connectivity index (χ1n) is 9.61. The summed E-state index contributed by atoms with van der Waals surface area (Å²) in [5, 5.41) is 0. The van der Waals surface area contributed by atoms with Crippen LogP contribution in [0.25, 0.3) is 0 Å². The van der Waals surface area contributed by atoms with Crippen LogP contribution in [0.3, 0.4) is 0 Å². The van der Waals surface area contributed by atoms with Gasteiger partial charge < -0.3 is 14.4 Å². The van der Waals surface area contributed by atoms with Crippen molar-refractivity contribution in [3.05, 3.63) is 71.8 Å². The van der Waals surface area contributed by atoms with Gasteiger partial charge in [0.1, 0.15) is 6.10 Å². The topological polar surface area (TPSA) is 38.8 Å². The summed E-state index contributed by atoms with van der Waals surface area (Å²) in [6.07, 6.45) is 1.63. The first kappa shape index (κ1) is 24.2. The first-order chi connectivity index (χ1) is 13.0. The van der Waals surface area contributed by atoms with Crippen molar-refractivity contribution in [1.29, 1.82) is 0 Å². The van der Waals surface area contributed by atoms with Gasteiger partial charge in [-0.05, 0) is 38.6 Å². The predicted octanol–water partition coefficient (Wildman–Crippen LogP) is 4.66.